The van der Waals surface area contributed by atoms with E-state index < -0.39 is 15.9 Å². The van der Waals surface area contributed by atoms with E-state index in [0.717, 1.165) is 16.5 Å². The molecule has 1 aliphatic rings. The lowest BCUT2D eigenvalue weighted by molar-refractivity contribution is 0.0982. The Morgan fingerprint density at radius 3 is 2.07 bits per heavy atom. The Bertz CT molecular complexity index is 1080. The zero-order valence-corrected chi connectivity index (χ0v) is 18.4. The average molecular weight is 432 g/mol. The van der Waals surface area contributed by atoms with Crippen molar-refractivity contribution in [2.75, 3.05) is 32.0 Å². The fourth-order valence-corrected chi connectivity index (χ4v) is 4.67. The summed E-state index contributed by atoms with van der Waals surface area (Å²) in [5, 5.41) is 1.16. The molecule has 1 amide bonds. The van der Waals surface area contributed by atoms with Crippen molar-refractivity contribution in [3.05, 3.63) is 58.5 Å². The largest absolute Gasteiger partial charge is 0.493 e. The molecule has 3 rings (SSSR count). The number of anilines is 1. The quantitative estimate of drug-likeness (QED) is 0.698. The van der Waals surface area contributed by atoms with Gasteiger partial charge in [-0.2, -0.15) is 0 Å². The van der Waals surface area contributed by atoms with Gasteiger partial charge in [0.15, 0.2) is 21.3 Å². The number of carbonyl (C=O) groups is 1. The Labute approximate surface area is 176 Å². The molecule has 0 fully saturated rings. The molecule has 160 valence electrons. The number of nitrogens with zero attached hydrogens (tertiary/aromatic N) is 1. The minimum absolute atomic E-state index is 0.171. The molecule has 8 heteroatoms. The summed E-state index contributed by atoms with van der Waals surface area (Å²) in [5.41, 5.74) is 2.98. The third-order valence-electron chi connectivity index (χ3n) is 5.14. The highest BCUT2D eigenvalue weighted by atomic mass is 32.2. The van der Waals surface area contributed by atoms with Gasteiger partial charge in [0.2, 0.25) is 5.75 Å². The van der Waals surface area contributed by atoms with Gasteiger partial charge in [-0.25, -0.2) is 8.42 Å². The highest BCUT2D eigenvalue weighted by Gasteiger charge is 2.33. The first-order chi connectivity index (χ1) is 14.2. The number of sulfone groups is 1. The summed E-state index contributed by atoms with van der Waals surface area (Å²) in [6, 6.07) is 8.10. The van der Waals surface area contributed by atoms with Gasteiger partial charge in [-0.3, -0.25) is 4.79 Å². The van der Waals surface area contributed by atoms with E-state index in [-0.39, 0.29) is 11.7 Å². The predicted molar refractivity (Wildman–Crippen MR) is 116 cm³/mol. The van der Waals surface area contributed by atoms with E-state index in [1.54, 1.807) is 18.2 Å². The standard InChI is InChI=1S/C22H25NO6S/c1-14-6-7-17(10-15(14)2)23(18-8-9-30(25,26)13-18)22(24)16-11-19(27-3)21(29-5)20(12-16)28-4/h6-12,18H,13H2,1-5H3/t18-/m0/s1. The molecule has 0 unspecified atom stereocenters. The van der Waals surface area contributed by atoms with Crippen molar-refractivity contribution in [2.24, 2.45) is 0 Å². The lowest BCUT2D eigenvalue weighted by Crippen LogP contribution is -2.41. The zero-order valence-electron chi connectivity index (χ0n) is 17.6. The molecule has 1 atom stereocenters. The highest BCUT2D eigenvalue weighted by molar-refractivity contribution is 7.94. The summed E-state index contributed by atoms with van der Waals surface area (Å²) in [7, 11) is 1.06. The van der Waals surface area contributed by atoms with E-state index in [1.165, 1.54) is 26.2 Å². The minimum atomic E-state index is -3.36. The molecule has 30 heavy (non-hydrogen) atoms. The number of ether oxygens (including phenoxy) is 3. The molecule has 0 saturated heterocycles. The lowest BCUT2D eigenvalue weighted by atomic mass is 10.1. The molecule has 0 N–H and O–H groups in total. The summed E-state index contributed by atoms with van der Waals surface area (Å²) in [6.45, 7) is 3.92. The van der Waals surface area contributed by atoms with Crippen LogP contribution >= 0.6 is 0 Å². The van der Waals surface area contributed by atoms with E-state index in [9.17, 15) is 13.2 Å². The lowest BCUT2D eigenvalue weighted by Gasteiger charge is -2.29. The average Bonchev–Trinajstić information content (AvgIpc) is 3.08. The molecule has 0 spiro atoms. The van der Waals surface area contributed by atoms with Gasteiger partial charge in [0, 0.05) is 16.7 Å². The van der Waals surface area contributed by atoms with Crippen LogP contribution < -0.4 is 19.1 Å². The predicted octanol–water partition coefficient (Wildman–Crippen LogP) is 3.29. The summed E-state index contributed by atoms with van der Waals surface area (Å²) < 4.78 is 40.2. The van der Waals surface area contributed by atoms with Crippen molar-refractivity contribution in [1.82, 2.24) is 0 Å². The van der Waals surface area contributed by atoms with E-state index in [4.69, 9.17) is 14.2 Å². The second-order valence-electron chi connectivity index (χ2n) is 7.08. The third-order valence-corrected chi connectivity index (χ3v) is 6.52. The fourth-order valence-electron chi connectivity index (χ4n) is 3.40. The molecule has 0 saturated carbocycles. The molecule has 1 aliphatic heterocycles. The maximum Gasteiger partial charge on any atom is 0.259 e. The Hall–Kier alpha value is -3.00. The second kappa shape index (κ2) is 8.39. The number of benzene rings is 2. The van der Waals surface area contributed by atoms with Gasteiger partial charge in [-0.05, 0) is 55.3 Å². The van der Waals surface area contributed by atoms with Crippen molar-refractivity contribution in [1.29, 1.82) is 0 Å². The van der Waals surface area contributed by atoms with Crippen LogP contribution in [0.15, 0.2) is 41.8 Å². The molecular weight excluding hydrogens is 406 g/mol. The number of aryl methyl sites for hydroxylation is 2. The number of amides is 1. The van der Waals surface area contributed by atoms with Gasteiger partial charge in [-0.15, -0.1) is 0 Å². The van der Waals surface area contributed by atoms with Crippen LogP contribution in [0.5, 0.6) is 17.2 Å². The first-order valence-corrected chi connectivity index (χ1v) is 11.0. The van der Waals surface area contributed by atoms with Crippen LogP contribution in [0.3, 0.4) is 0 Å². The minimum Gasteiger partial charge on any atom is -0.493 e. The molecule has 2 aromatic rings. The van der Waals surface area contributed by atoms with Gasteiger partial charge in [0.05, 0.1) is 33.1 Å². The Morgan fingerprint density at radius 2 is 1.60 bits per heavy atom. The molecular formula is C22H25NO6S. The van der Waals surface area contributed by atoms with Crippen LogP contribution in [0.4, 0.5) is 5.69 Å². The van der Waals surface area contributed by atoms with Crippen molar-refractivity contribution in [2.45, 2.75) is 19.9 Å². The van der Waals surface area contributed by atoms with Crippen molar-refractivity contribution in [3.8, 4) is 17.2 Å². The van der Waals surface area contributed by atoms with Gasteiger partial charge in [0.25, 0.3) is 5.91 Å². The van der Waals surface area contributed by atoms with Crippen molar-refractivity contribution < 1.29 is 27.4 Å². The van der Waals surface area contributed by atoms with Crippen LogP contribution in [0.1, 0.15) is 21.5 Å². The molecule has 0 bridgehead atoms. The highest BCUT2D eigenvalue weighted by Crippen LogP contribution is 2.39. The van der Waals surface area contributed by atoms with E-state index >= 15 is 0 Å². The Balaban J connectivity index is 2.13. The molecule has 0 aromatic heterocycles. The number of hydrogen-bond acceptors (Lipinski definition) is 6. The van der Waals surface area contributed by atoms with Gasteiger partial charge < -0.3 is 19.1 Å². The second-order valence-corrected chi connectivity index (χ2v) is 9.01. The Kier molecular flexibility index (Phi) is 6.07. The first kappa shape index (κ1) is 21.7. The van der Waals surface area contributed by atoms with Crippen molar-refractivity contribution in [3.63, 3.8) is 0 Å². The molecule has 7 nitrogen and oxygen atoms in total. The van der Waals surface area contributed by atoms with Gasteiger partial charge in [0.1, 0.15) is 0 Å². The maximum atomic E-state index is 13.6. The summed E-state index contributed by atoms with van der Waals surface area (Å²) >= 11 is 0. The van der Waals surface area contributed by atoms with Crippen LogP contribution in [0, 0.1) is 13.8 Å². The number of hydrogen-bond donors (Lipinski definition) is 0. The molecule has 2 aromatic carbocycles. The van der Waals surface area contributed by atoms with Gasteiger partial charge >= 0.3 is 0 Å². The zero-order chi connectivity index (χ0) is 22.1. The SMILES string of the molecule is COc1cc(C(=O)N(c2ccc(C)c(C)c2)[C@H]2C=CS(=O)(=O)C2)cc(OC)c1OC. The molecule has 0 radical (unpaired) electrons. The normalized spacial score (nSPS) is 16.9. The topological polar surface area (TPSA) is 82.1 Å². The summed E-state index contributed by atoms with van der Waals surface area (Å²) in [5.74, 6) is 0.516. The van der Waals surface area contributed by atoms with Crippen LogP contribution in [0.25, 0.3) is 0 Å². The van der Waals surface area contributed by atoms with Crippen LogP contribution in [0.2, 0.25) is 0 Å². The number of methoxy groups -OCH3 is 3. The maximum absolute atomic E-state index is 13.6. The van der Waals surface area contributed by atoms with E-state index in [0.29, 0.717) is 28.5 Å². The number of carbonyl (C=O) groups excluding carboxylic acids is 1. The van der Waals surface area contributed by atoms with Gasteiger partial charge in [-0.1, -0.05) is 6.07 Å². The summed E-state index contributed by atoms with van der Waals surface area (Å²) in [6.07, 6.45) is 1.54. The smallest absolute Gasteiger partial charge is 0.259 e. The monoisotopic (exact) mass is 431 g/mol. The number of rotatable bonds is 6. The Morgan fingerprint density at radius 1 is 0.967 bits per heavy atom. The third kappa shape index (κ3) is 4.14. The van der Waals surface area contributed by atoms with Crippen LogP contribution in [-0.2, 0) is 9.84 Å². The molecule has 1 heterocycles. The first-order valence-electron chi connectivity index (χ1n) is 9.32. The van der Waals surface area contributed by atoms with Crippen molar-refractivity contribution >= 4 is 21.4 Å². The summed E-state index contributed by atoms with van der Waals surface area (Å²) in [4.78, 5) is 15.1. The van der Waals surface area contributed by atoms with Crippen LogP contribution in [-0.4, -0.2) is 47.4 Å². The molecule has 0 aliphatic carbocycles. The van der Waals surface area contributed by atoms with E-state index in [1.807, 2.05) is 32.0 Å². The van der Waals surface area contributed by atoms with E-state index in [2.05, 4.69) is 0 Å². The fraction of sp³-hybridized carbons (Fsp3) is 0.318.